The Morgan fingerprint density at radius 2 is 1.48 bits per heavy atom. The first-order chi connectivity index (χ1) is 14.6. The Kier molecular flexibility index (Phi) is 6.76. The number of carboxylic acids is 1. The zero-order chi connectivity index (χ0) is 22.7. The van der Waals surface area contributed by atoms with Gasteiger partial charge in [-0.25, -0.2) is 8.42 Å². The molecular formula is C22H23F3O5S. The van der Waals surface area contributed by atoms with E-state index in [0.717, 1.165) is 16.7 Å². The van der Waals surface area contributed by atoms with Crippen LogP contribution in [0.1, 0.15) is 31.2 Å². The smallest absolute Gasteiger partial charge is 0.389 e. The van der Waals surface area contributed by atoms with Crippen molar-refractivity contribution in [2.24, 2.45) is 0 Å². The topological polar surface area (TPSA) is 80.7 Å². The SMILES string of the molecule is O=C(O)C1(S(=O)(=O)c2ccc(-c3ccc(CCCC(F)(F)F)cc3)cc2)CCOCC1. The van der Waals surface area contributed by atoms with Gasteiger partial charge in [0.05, 0.1) is 4.90 Å². The highest BCUT2D eigenvalue weighted by atomic mass is 32.2. The summed E-state index contributed by atoms with van der Waals surface area (Å²) in [6.07, 6.45) is -4.87. The molecule has 2 aromatic carbocycles. The average molecular weight is 456 g/mol. The minimum absolute atomic E-state index is 0.0196. The number of carboxylic acid groups (broad SMARTS) is 1. The van der Waals surface area contributed by atoms with E-state index in [9.17, 15) is 31.5 Å². The predicted molar refractivity (Wildman–Crippen MR) is 108 cm³/mol. The number of alkyl halides is 3. The van der Waals surface area contributed by atoms with Crippen LogP contribution in [0.3, 0.4) is 0 Å². The normalized spacial score (nSPS) is 16.7. The van der Waals surface area contributed by atoms with Gasteiger partial charge in [0.1, 0.15) is 0 Å². The van der Waals surface area contributed by atoms with Crippen molar-refractivity contribution in [3.63, 3.8) is 0 Å². The minimum Gasteiger partial charge on any atom is -0.480 e. The summed E-state index contributed by atoms with van der Waals surface area (Å²) in [5.41, 5.74) is 2.29. The van der Waals surface area contributed by atoms with E-state index < -0.39 is 33.2 Å². The molecule has 1 aliphatic rings. The molecule has 0 unspecified atom stereocenters. The van der Waals surface area contributed by atoms with Crippen LogP contribution in [0.25, 0.3) is 11.1 Å². The summed E-state index contributed by atoms with van der Waals surface area (Å²) in [5.74, 6) is -1.37. The van der Waals surface area contributed by atoms with E-state index in [-0.39, 0.29) is 37.4 Å². The molecule has 2 aromatic rings. The molecule has 0 amide bonds. The van der Waals surface area contributed by atoms with Crippen LogP contribution >= 0.6 is 0 Å². The molecule has 1 N–H and O–H groups in total. The molecule has 1 aliphatic heterocycles. The predicted octanol–water partition coefficient (Wildman–Crippen LogP) is 4.65. The van der Waals surface area contributed by atoms with Crippen LogP contribution in [0.5, 0.6) is 0 Å². The van der Waals surface area contributed by atoms with E-state index in [1.165, 1.54) is 12.1 Å². The summed E-state index contributed by atoms with van der Waals surface area (Å²) >= 11 is 0. The van der Waals surface area contributed by atoms with Gasteiger partial charge in [0.2, 0.25) is 0 Å². The first-order valence-electron chi connectivity index (χ1n) is 9.87. The number of aliphatic carboxylic acids is 1. The number of hydrogen-bond acceptors (Lipinski definition) is 4. The molecule has 9 heteroatoms. The molecule has 0 aromatic heterocycles. The highest BCUT2D eigenvalue weighted by Crippen LogP contribution is 2.36. The largest absolute Gasteiger partial charge is 0.480 e. The first kappa shape index (κ1) is 23.3. The summed E-state index contributed by atoms with van der Waals surface area (Å²) < 4.78 is 66.2. The maximum Gasteiger partial charge on any atom is 0.389 e. The Balaban J connectivity index is 1.76. The van der Waals surface area contributed by atoms with Crippen molar-refractivity contribution in [3.05, 3.63) is 54.1 Å². The molecule has 0 saturated carbocycles. The number of ether oxygens (including phenoxy) is 1. The third kappa shape index (κ3) is 5.10. The summed E-state index contributed by atoms with van der Waals surface area (Å²) in [7, 11) is -4.12. The zero-order valence-electron chi connectivity index (χ0n) is 16.7. The van der Waals surface area contributed by atoms with Crippen LogP contribution in [0.15, 0.2) is 53.4 Å². The van der Waals surface area contributed by atoms with E-state index in [4.69, 9.17) is 4.74 Å². The highest BCUT2D eigenvalue weighted by molar-refractivity contribution is 7.93. The standard InChI is InChI=1S/C22H23F3O5S/c23-22(24,25)11-1-2-16-3-5-17(6-4-16)18-7-9-19(10-8-18)31(28,29)21(20(26)27)12-14-30-15-13-21/h3-10H,1-2,11-15H2,(H,26,27). The van der Waals surface area contributed by atoms with Crippen LogP contribution < -0.4 is 0 Å². The van der Waals surface area contributed by atoms with Gasteiger partial charge in [-0.2, -0.15) is 13.2 Å². The Morgan fingerprint density at radius 1 is 0.968 bits per heavy atom. The summed E-state index contributed by atoms with van der Waals surface area (Å²) in [6, 6.07) is 13.0. The zero-order valence-corrected chi connectivity index (χ0v) is 17.5. The van der Waals surface area contributed by atoms with E-state index >= 15 is 0 Å². The fraction of sp³-hybridized carbons (Fsp3) is 0.409. The molecule has 1 heterocycles. The molecule has 0 atom stereocenters. The molecule has 3 rings (SSSR count). The van der Waals surface area contributed by atoms with Gasteiger partial charge in [-0.1, -0.05) is 36.4 Å². The quantitative estimate of drug-likeness (QED) is 0.656. The number of sulfone groups is 1. The van der Waals surface area contributed by atoms with Crippen molar-refractivity contribution in [2.75, 3.05) is 13.2 Å². The van der Waals surface area contributed by atoms with E-state index in [0.29, 0.717) is 6.42 Å². The van der Waals surface area contributed by atoms with Gasteiger partial charge in [-0.05, 0) is 41.7 Å². The lowest BCUT2D eigenvalue weighted by Gasteiger charge is -2.32. The van der Waals surface area contributed by atoms with E-state index in [2.05, 4.69) is 0 Å². The van der Waals surface area contributed by atoms with Crippen LogP contribution in [-0.4, -0.2) is 43.6 Å². The average Bonchev–Trinajstić information content (AvgIpc) is 2.74. The number of aryl methyl sites for hydroxylation is 1. The Labute approximate surface area is 178 Å². The summed E-state index contributed by atoms with van der Waals surface area (Å²) in [5, 5.41) is 9.65. The maximum atomic E-state index is 13.1. The molecule has 31 heavy (non-hydrogen) atoms. The van der Waals surface area contributed by atoms with Gasteiger partial charge in [0, 0.05) is 32.5 Å². The molecule has 0 aliphatic carbocycles. The van der Waals surface area contributed by atoms with Crippen molar-refractivity contribution in [3.8, 4) is 11.1 Å². The lowest BCUT2D eigenvalue weighted by atomic mass is 9.99. The lowest BCUT2D eigenvalue weighted by molar-refractivity contribution is -0.142. The number of carbonyl (C=O) groups is 1. The van der Waals surface area contributed by atoms with Crippen molar-refractivity contribution in [1.82, 2.24) is 0 Å². The molecule has 1 saturated heterocycles. The molecule has 0 spiro atoms. The second-order valence-electron chi connectivity index (χ2n) is 7.61. The van der Waals surface area contributed by atoms with Crippen molar-refractivity contribution >= 4 is 15.8 Å². The highest BCUT2D eigenvalue weighted by Gasteiger charge is 2.52. The second kappa shape index (κ2) is 9.00. The summed E-state index contributed by atoms with van der Waals surface area (Å²) in [4.78, 5) is 11.8. The lowest BCUT2D eigenvalue weighted by Crippen LogP contribution is -2.50. The molecule has 1 fully saturated rings. The number of benzene rings is 2. The van der Waals surface area contributed by atoms with Gasteiger partial charge < -0.3 is 9.84 Å². The Hall–Kier alpha value is -2.39. The van der Waals surface area contributed by atoms with E-state index in [1.807, 2.05) is 0 Å². The monoisotopic (exact) mass is 456 g/mol. The van der Waals surface area contributed by atoms with Gasteiger partial charge in [-0.3, -0.25) is 4.79 Å². The van der Waals surface area contributed by atoms with Crippen LogP contribution in [0.2, 0.25) is 0 Å². The second-order valence-corrected chi connectivity index (χ2v) is 9.87. The Morgan fingerprint density at radius 3 is 1.97 bits per heavy atom. The molecule has 0 bridgehead atoms. The molecule has 168 valence electrons. The van der Waals surface area contributed by atoms with Crippen LogP contribution in [0, 0.1) is 0 Å². The van der Waals surface area contributed by atoms with Gasteiger partial charge in [0.15, 0.2) is 14.6 Å². The van der Waals surface area contributed by atoms with Gasteiger partial charge >= 0.3 is 12.1 Å². The third-order valence-electron chi connectivity index (χ3n) is 5.58. The van der Waals surface area contributed by atoms with Crippen LogP contribution in [-0.2, 0) is 25.8 Å². The van der Waals surface area contributed by atoms with Crippen molar-refractivity contribution in [2.45, 2.75) is 47.9 Å². The van der Waals surface area contributed by atoms with Crippen molar-refractivity contribution < 1.29 is 36.2 Å². The first-order valence-corrected chi connectivity index (χ1v) is 11.4. The minimum atomic E-state index is -4.16. The van der Waals surface area contributed by atoms with E-state index in [1.54, 1.807) is 36.4 Å². The summed E-state index contributed by atoms with van der Waals surface area (Å²) in [6.45, 7) is 0.137. The number of rotatable bonds is 7. The van der Waals surface area contributed by atoms with Gasteiger partial charge in [0.25, 0.3) is 0 Å². The number of hydrogen-bond donors (Lipinski definition) is 1. The van der Waals surface area contributed by atoms with Gasteiger partial charge in [-0.15, -0.1) is 0 Å². The third-order valence-corrected chi connectivity index (χ3v) is 8.09. The van der Waals surface area contributed by atoms with Crippen molar-refractivity contribution in [1.29, 1.82) is 0 Å². The molecular weight excluding hydrogens is 433 g/mol. The Bertz CT molecular complexity index is 1010. The fourth-order valence-electron chi connectivity index (χ4n) is 3.71. The molecule has 0 radical (unpaired) electrons. The maximum absolute atomic E-state index is 13.1. The molecule has 5 nitrogen and oxygen atoms in total. The van der Waals surface area contributed by atoms with Crippen LogP contribution in [0.4, 0.5) is 13.2 Å². The fourth-order valence-corrected chi connectivity index (χ4v) is 5.59. The number of halogens is 3.